The Morgan fingerprint density at radius 2 is 2.21 bits per heavy atom. The number of aromatic nitrogens is 2. The molecule has 0 radical (unpaired) electrons. The third-order valence-corrected chi connectivity index (χ3v) is 6.36. The lowest BCUT2D eigenvalue weighted by Gasteiger charge is -2.34. The zero-order valence-electron chi connectivity index (χ0n) is 16.0. The molecule has 1 amide bonds. The highest BCUT2D eigenvalue weighted by atomic mass is 19.1. The molecule has 2 aliphatic heterocycles. The van der Waals surface area contributed by atoms with Crippen LogP contribution in [0.3, 0.4) is 0 Å². The molecular formula is C21H25FN4O2. The molecule has 0 bridgehead atoms. The molecule has 0 unspecified atom stereocenters. The summed E-state index contributed by atoms with van der Waals surface area (Å²) in [5, 5.41) is 7.21. The summed E-state index contributed by atoms with van der Waals surface area (Å²) in [7, 11) is 1.87. The van der Waals surface area contributed by atoms with Crippen LogP contribution in [-0.4, -0.2) is 40.3 Å². The fourth-order valence-corrected chi connectivity index (χ4v) is 4.68. The monoisotopic (exact) mass is 384 g/mol. The van der Waals surface area contributed by atoms with E-state index in [0.29, 0.717) is 25.6 Å². The molecule has 148 valence electrons. The highest BCUT2D eigenvalue weighted by Crippen LogP contribution is 2.49. The number of benzene rings is 1. The van der Waals surface area contributed by atoms with Crippen LogP contribution in [0.5, 0.6) is 5.75 Å². The molecule has 7 heteroatoms. The Hall–Kier alpha value is -2.41. The molecule has 1 saturated carbocycles. The van der Waals surface area contributed by atoms with Crippen LogP contribution in [0.2, 0.25) is 0 Å². The van der Waals surface area contributed by atoms with E-state index in [2.05, 4.69) is 15.3 Å². The minimum Gasteiger partial charge on any atom is -0.493 e. The van der Waals surface area contributed by atoms with Crippen LogP contribution in [0.15, 0.2) is 30.5 Å². The van der Waals surface area contributed by atoms with Gasteiger partial charge in [0.2, 0.25) is 5.91 Å². The van der Waals surface area contributed by atoms with Gasteiger partial charge in [-0.2, -0.15) is 5.10 Å². The first-order chi connectivity index (χ1) is 13.6. The Bertz CT molecular complexity index is 894. The molecule has 1 N–H and O–H groups in total. The van der Waals surface area contributed by atoms with E-state index >= 15 is 0 Å². The predicted octanol–water partition coefficient (Wildman–Crippen LogP) is 2.27. The lowest BCUT2D eigenvalue weighted by Crippen LogP contribution is -2.38. The van der Waals surface area contributed by atoms with Crippen LogP contribution >= 0.6 is 0 Å². The molecule has 28 heavy (non-hydrogen) atoms. The van der Waals surface area contributed by atoms with E-state index in [0.717, 1.165) is 23.6 Å². The number of hydrogen-bond donors (Lipinski definition) is 1. The highest BCUT2D eigenvalue weighted by Gasteiger charge is 2.49. The molecule has 2 aromatic rings. The second kappa shape index (κ2) is 6.88. The molecule has 3 atom stereocenters. The molecule has 2 fully saturated rings. The van der Waals surface area contributed by atoms with Gasteiger partial charge >= 0.3 is 0 Å². The van der Waals surface area contributed by atoms with Crippen molar-refractivity contribution in [2.24, 2.45) is 24.8 Å². The number of likely N-dealkylation sites (tertiary alicyclic amines) is 1. The maximum atomic E-state index is 14.0. The molecule has 1 aliphatic carbocycles. The van der Waals surface area contributed by atoms with Gasteiger partial charge in [-0.3, -0.25) is 14.4 Å². The van der Waals surface area contributed by atoms with E-state index in [9.17, 15) is 9.18 Å². The summed E-state index contributed by atoms with van der Waals surface area (Å²) in [5.74, 6) is 1.13. The van der Waals surface area contributed by atoms with E-state index in [1.807, 2.05) is 13.1 Å². The van der Waals surface area contributed by atoms with Crippen molar-refractivity contribution in [1.29, 1.82) is 0 Å². The van der Waals surface area contributed by atoms with Gasteiger partial charge in [-0.1, -0.05) is 0 Å². The minimum absolute atomic E-state index is 0.0398. The fourth-order valence-electron chi connectivity index (χ4n) is 4.68. The molecule has 1 saturated heterocycles. The van der Waals surface area contributed by atoms with Crippen molar-refractivity contribution < 1.29 is 13.9 Å². The summed E-state index contributed by atoms with van der Waals surface area (Å²) in [5.41, 5.74) is 1.85. The topological polar surface area (TPSA) is 59.4 Å². The number of aryl methyl sites for hydroxylation is 1. The zero-order chi connectivity index (χ0) is 19.3. The van der Waals surface area contributed by atoms with Crippen LogP contribution in [0.1, 0.15) is 30.1 Å². The summed E-state index contributed by atoms with van der Waals surface area (Å²) >= 11 is 0. The van der Waals surface area contributed by atoms with Gasteiger partial charge in [0.25, 0.3) is 0 Å². The molecule has 3 aliphatic rings. The standard InChI is InChI=1S/C21H25FN4O2/c1-25-15(6-7-24-25)9-23-21(27)17-11-26(10-13-2-3-13)20-16-8-14(22)4-5-19(16)28-12-18(17)20/h4-8,13,17-18,20H,2-3,9-12H2,1H3,(H,23,27)/t17-,18+,20+/m1/s1. The van der Waals surface area contributed by atoms with Crippen LogP contribution < -0.4 is 10.1 Å². The number of amides is 1. The minimum atomic E-state index is -0.251. The quantitative estimate of drug-likeness (QED) is 0.859. The lowest BCUT2D eigenvalue weighted by molar-refractivity contribution is -0.126. The van der Waals surface area contributed by atoms with Crippen molar-refractivity contribution in [3.8, 4) is 5.75 Å². The Balaban J connectivity index is 1.38. The van der Waals surface area contributed by atoms with E-state index in [1.165, 1.54) is 18.9 Å². The predicted molar refractivity (Wildman–Crippen MR) is 101 cm³/mol. The van der Waals surface area contributed by atoms with Gasteiger partial charge in [-0.05, 0) is 43.0 Å². The number of rotatable bonds is 5. The van der Waals surface area contributed by atoms with Crippen molar-refractivity contribution in [2.75, 3.05) is 19.7 Å². The van der Waals surface area contributed by atoms with Crippen molar-refractivity contribution >= 4 is 5.91 Å². The average molecular weight is 384 g/mol. The number of halogens is 1. The van der Waals surface area contributed by atoms with Gasteiger partial charge < -0.3 is 10.1 Å². The van der Waals surface area contributed by atoms with Crippen LogP contribution in [0.4, 0.5) is 4.39 Å². The second-order valence-electron chi connectivity index (χ2n) is 8.27. The van der Waals surface area contributed by atoms with Crippen molar-refractivity contribution in [3.05, 3.63) is 47.5 Å². The van der Waals surface area contributed by atoms with Crippen molar-refractivity contribution in [1.82, 2.24) is 20.0 Å². The van der Waals surface area contributed by atoms with Crippen LogP contribution in [-0.2, 0) is 18.4 Å². The number of hydrogen-bond acceptors (Lipinski definition) is 4. The first kappa shape index (κ1) is 17.7. The summed E-state index contributed by atoms with van der Waals surface area (Å²) < 4.78 is 21.7. The summed E-state index contributed by atoms with van der Waals surface area (Å²) in [6, 6.07) is 6.69. The molecule has 1 aromatic carbocycles. The Morgan fingerprint density at radius 3 is 2.96 bits per heavy atom. The maximum absolute atomic E-state index is 14.0. The van der Waals surface area contributed by atoms with E-state index in [-0.39, 0.29) is 29.6 Å². The summed E-state index contributed by atoms with van der Waals surface area (Å²) in [6.07, 6.45) is 4.22. The number of fused-ring (bicyclic) bond motifs is 3. The molecule has 1 aromatic heterocycles. The largest absolute Gasteiger partial charge is 0.493 e. The second-order valence-corrected chi connectivity index (χ2v) is 8.27. The lowest BCUT2D eigenvalue weighted by atomic mass is 9.85. The van der Waals surface area contributed by atoms with Gasteiger partial charge in [0.05, 0.1) is 24.8 Å². The van der Waals surface area contributed by atoms with Crippen LogP contribution in [0, 0.1) is 23.6 Å². The van der Waals surface area contributed by atoms with Gasteiger partial charge in [-0.15, -0.1) is 0 Å². The number of nitrogens with zero attached hydrogens (tertiary/aromatic N) is 3. The number of ether oxygens (including phenoxy) is 1. The van der Waals surface area contributed by atoms with Gasteiger partial charge in [-0.25, -0.2) is 4.39 Å². The normalized spacial score (nSPS) is 26.4. The first-order valence-electron chi connectivity index (χ1n) is 10.0. The van der Waals surface area contributed by atoms with Crippen LogP contribution in [0.25, 0.3) is 0 Å². The highest BCUT2D eigenvalue weighted by molar-refractivity contribution is 5.80. The van der Waals surface area contributed by atoms with Crippen molar-refractivity contribution in [2.45, 2.75) is 25.4 Å². The number of carbonyl (C=O) groups is 1. The summed E-state index contributed by atoms with van der Waals surface area (Å²) in [6.45, 7) is 2.62. The zero-order valence-corrected chi connectivity index (χ0v) is 16.0. The Morgan fingerprint density at radius 1 is 1.36 bits per heavy atom. The van der Waals surface area contributed by atoms with E-state index < -0.39 is 0 Å². The van der Waals surface area contributed by atoms with E-state index in [4.69, 9.17) is 4.74 Å². The van der Waals surface area contributed by atoms with Gasteiger partial charge in [0, 0.05) is 43.9 Å². The molecule has 0 spiro atoms. The van der Waals surface area contributed by atoms with Gasteiger partial charge in [0.1, 0.15) is 11.6 Å². The third-order valence-electron chi connectivity index (χ3n) is 6.36. The number of nitrogens with one attached hydrogen (secondary N) is 1. The molecular weight excluding hydrogens is 359 g/mol. The number of carbonyl (C=O) groups excluding carboxylic acids is 1. The van der Waals surface area contributed by atoms with E-state index in [1.54, 1.807) is 23.0 Å². The third kappa shape index (κ3) is 3.17. The average Bonchev–Trinajstić information content (AvgIpc) is 3.29. The molecule has 5 rings (SSSR count). The Kier molecular flexibility index (Phi) is 4.34. The first-order valence-corrected chi connectivity index (χ1v) is 10.0. The fraction of sp³-hybridized carbons (Fsp3) is 0.524. The molecule has 3 heterocycles. The summed E-state index contributed by atoms with van der Waals surface area (Å²) in [4.78, 5) is 15.4. The SMILES string of the molecule is Cn1nccc1CNC(=O)[C@@H]1CN(CC2CC2)[C@H]2c3cc(F)ccc3OC[C@@H]12. The Labute approximate surface area is 163 Å². The maximum Gasteiger partial charge on any atom is 0.225 e. The smallest absolute Gasteiger partial charge is 0.225 e. The van der Waals surface area contributed by atoms with Gasteiger partial charge in [0.15, 0.2) is 0 Å². The molecule has 6 nitrogen and oxygen atoms in total. The van der Waals surface area contributed by atoms with Crippen molar-refractivity contribution in [3.63, 3.8) is 0 Å².